The number of nitrogens with one attached hydrogen (secondary N) is 1. The molecule has 0 atom stereocenters. The zero-order valence-corrected chi connectivity index (χ0v) is 14.8. The van der Waals surface area contributed by atoms with Crippen LogP contribution in [0.2, 0.25) is 0 Å². The van der Waals surface area contributed by atoms with Gasteiger partial charge < -0.3 is 15.0 Å². The Balaban J connectivity index is 1.97. The van der Waals surface area contributed by atoms with Gasteiger partial charge in [-0.1, -0.05) is 12.1 Å². The van der Waals surface area contributed by atoms with Crippen LogP contribution in [0.1, 0.15) is 5.56 Å². The Hall–Kier alpha value is -3.42. The Bertz CT molecular complexity index is 941. The number of nitro benzene ring substituents is 1. The monoisotopic (exact) mass is 353 g/mol. The summed E-state index contributed by atoms with van der Waals surface area (Å²) < 4.78 is 5.16. The second-order valence-corrected chi connectivity index (χ2v) is 5.93. The van der Waals surface area contributed by atoms with Gasteiger partial charge in [0.05, 0.1) is 17.5 Å². The molecule has 0 aliphatic carbocycles. The molecule has 134 valence electrons. The normalized spacial score (nSPS) is 10.6. The highest BCUT2D eigenvalue weighted by Gasteiger charge is 2.13. The van der Waals surface area contributed by atoms with Crippen LogP contribution in [-0.4, -0.2) is 36.1 Å². The summed E-state index contributed by atoms with van der Waals surface area (Å²) in [5.41, 5.74) is 1.69. The van der Waals surface area contributed by atoms with Crippen LogP contribution in [0.15, 0.2) is 42.5 Å². The van der Waals surface area contributed by atoms with Crippen molar-refractivity contribution in [3.05, 3.63) is 58.1 Å². The average Bonchev–Trinajstić information content (AvgIpc) is 2.65. The van der Waals surface area contributed by atoms with Gasteiger partial charge in [0.2, 0.25) is 5.95 Å². The molecule has 0 bridgehead atoms. The van der Waals surface area contributed by atoms with E-state index < -0.39 is 4.92 Å². The van der Waals surface area contributed by atoms with Crippen LogP contribution in [0.4, 0.5) is 17.5 Å². The van der Waals surface area contributed by atoms with Crippen molar-refractivity contribution in [2.24, 2.45) is 0 Å². The number of benzene rings is 2. The molecule has 0 saturated carbocycles. The lowest BCUT2D eigenvalue weighted by Crippen LogP contribution is -2.14. The number of nitrogens with zero attached hydrogens (tertiary/aromatic N) is 4. The fraction of sp³-hybridized carbons (Fsp3) is 0.222. The molecule has 0 spiro atoms. The first-order chi connectivity index (χ1) is 12.5. The number of nitro groups is 1. The lowest BCUT2D eigenvalue weighted by atomic mass is 10.2. The molecule has 1 N–H and O–H groups in total. The molecule has 3 aromatic rings. The quantitative estimate of drug-likeness (QED) is 0.537. The van der Waals surface area contributed by atoms with Crippen molar-refractivity contribution >= 4 is 28.4 Å². The van der Waals surface area contributed by atoms with Crippen LogP contribution in [0, 0.1) is 10.1 Å². The summed E-state index contributed by atoms with van der Waals surface area (Å²) >= 11 is 0. The van der Waals surface area contributed by atoms with E-state index in [1.165, 1.54) is 12.1 Å². The summed E-state index contributed by atoms with van der Waals surface area (Å²) in [4.78, 5) is 21.4. The predicted molar refractivity (Wildman–Crippen MR) is 101 cm³/mol. The number of ether oxygens (including phenoxy) is 1. The van der Waals surface area contributed by atoms with Crippen LogP contribution < -0.4 is 15.0 Å². The number of hydrogen-bond acceptors (Lipinski definition) is 7. The largest absolute Gasteiger partial charge is 0.497 e. The molecule has 3 rings (SSSR count). The maximum Gasteiger partial charge on any atom is 0.270 e. The first-order valence-corrected chi connectivity index (χ1v) is 7.98. The molecule has 0 amide bonds. The molecule has 1 heterocycles. The van der Waals surface area contributed by atoms with Gasteiger partial charge in [-0.25, -0.2) is 4.98 Å². The standard InChI is InChI=1S/C18H19N5O3/c1-22(2)18-20-16-9-6-13(23(24)25)10-15(16)17(21-18)19-11-12-4-7-14(26-3)8-5-12/h4-10H,11H2,1-3H3,(H,19,20,21). The first-order valence-electron chi connectivity index (χ1n) is 7.98. The van der Waals surface area contributed by atoms with Crippen LogP contribution in [-0.2, 0) is 6.54 Å². The van der Waals surface area contributed by atoms with Crippen molar-refractivity contribution in [1.29, 1.82) is 0 Å². The highest BCUT2D eigenvalue weighted by molar-refractivity contribution is 5.91. The van der Waals surface area contributed by atoms with Gasteiger partial charge in [-0.05, 0) is 23.8 Å². The van der Waals surface area contributed by atoms with E-state index in [4.69, 9.17) is 4.74 Å². The zero-order chi connectivity index (χ0) is 18.7. The van der Waals surface area contributed by atoms with Gasteiger partial charge >= 0.3 is 0 Å². The van der Waals surface area contributed by atoms with Crippen molar-refractivity contribution in [2.45, 2.75) is 6.54 Å². The summed E-state index contributed by atoms with van der Waals surface area (Å²) in [6.45, 7) is 0.520. The molecule has 0 fully saturated rings. The lowest BCUT2D eigenvalue weighted by Gasteiger charge is -2.15. The van der Waals surface area contributed by atoms with Gasteiger partial charge in [-0.15, -0.1) is 0 Å². The number of aromatic nitrogens is 2. The van der Waals surface area contributed by atoms with E-state index >= 15 is 0 Å². The second kappa shape index (κ2) is 7.22. The van der Waals surface area contributed by atoms with Crippen molar-refractivity contribution in [3.8, 4) is 5.75 Å². The Kier molecular flexibility index (Phi) is 4.83. The molecule has 26 heavy (non-hydrogen) atoms. The molecule has 0 aliphatic heterocycles. The van der Waals surface area contributed by atoms with Gasteiger partial charge in [0.1, 0.15) is 11.6 Å². The number of anilines is 2. The van der Waals surface area contributed by atoms with Crippen LogP contribution in [0.3, 0.4) is 0 Å². The minimum absolute atomic E-state index is 0.00574. The zero-order valence-electron chi connectivity index (χ0n) is 14.8. The summed E-state index contributed by atoms with van der Waals surface area (Å²) in [7, 11) is 5.32. The number of hydrogen-bond donors (Lipinski definition) is 1. The fourth-order valence-corrected chi connectivity index (χ4v) is 2.48. The minimum Gasteiger partial charge on any atom is -0.497 e. The smallest absolute Gasteiger partial charge is 0.270 e. The number of rotatable bonds is 6. The van der Waals surface area contributed by atoms with E-state index in [1.54, 1.807) is 18.1 Å². The Labute approximate surface area is 150 Å². The molecular formula is C18H19N5O3. The van der Waals surface area contributed by atoms with Crippen molar-refractivity contribution in [3.63, 3.8) is 0 Å². The highest BCUT2D eigenvalue weighted by atomic mass is 16.6. The third-order valence-electron chi connectivity index (χ3n) is 3.90. The number of methoxy groups -OCH3 is 1. The third kappa shape index (κ3) is 3.64. The lowest BCUT2D eigenvalue weighted by molar-refractivity contribution is -0.384. The van der Waals surface area contributed by atoms with Gasteiger partial charge in [0, 0.05) is 38.2 Å². The highest BCUT2D eigenvalue weighted by Crippen LogP contribution is 2.27. The Morgan fingerprint density at radius 1 is 1.15 bits per heavy atom. The maximum atomic E-state index is 11.1. The molecular weight excluding hydrogens is 334 g/mol. The maximum absolute atomic E-state index is 11.1. The van der Waals surface area contributed by atoms with E-state index in [-0.39, 0.29) is 5.69 Å². The first kappa shape index (κ1) is 17.4. The second-order valence-electron chi connectivity index (χ2n) is 5.93. The number of non-ortho nitro benzene ring substituents is 1. The Morgan fingerprint density at radius 3 is 2.50 bits per heavy atom. The van der Waals surface area contributed by atoms with E-state index in [9.17, 15) is 10.1 Å². The van der Waals surface area contributed by atoms with Crippen LogP contribution >= 0.6 is 0 Å². The van der Waals surface area contributed by atoms with Gasteiger partial charge in [0.25, 0.3) is 5.69 Å². The summed E-state index contributed by atoms with van der Waals surface area (Å²) in [5.74, 6) is 1.87. The van der Waals surface area contributed by atoms with E-state index in [2.05, 4.69) is 15.3 Å². The van der Waals surface area contributed by atoms with E-state index in [0.29, 0.717) is 29.2 Å². The van der Waals surface area contributed by atoms with Crippen molar-refractivity contribution in [1.82, 2.24) is 9.97 Å². The van der Waals surface area contributed by atoms with Crippen LogP contribution in [0.25, 0.3) is 10.9 Å². The van der Waals surface area contributed by atoms with Crippen molar-refractivity contribution in [2.75, 3.05) is 31.4 Å². The summed E-state index contributed by atoms with van der Waals surface area (Å²) in [6, 6.07) is 12.2. The van der Waals surface area contributed by atoms with Gasteiger partial charge in [-0.3, -0.25) is 10.1 Å². The molecule has 0 saturated heterocycles. The van der Waals surface area contributed by atoms with Crippen LogP contribution in [0.5, 0.6) is 5.75 Å². The Morgan fingerprint density at radius 2 is 1.88 bits per heavy atom. The SMILES string of the molecule is COc1ccc(CNc2nc(N(C)C)nc3ccc([N+](=O)[O-])cc23)cc1. The minimum atomic E-state index is -0.424. The molecule has 2 aromatic carbocycles. The molecule has 1 aromatic heterocycles. The fourth-order valence-electron chi connectivity index (χ4n) is 2.48. The molecule has 0 radical (unpaired) electrons. The summed E-state index contributed by atoms with van der Waals surface area (Å²) in [6.07, 6.45) is 0. The van der Waals surface area contributed by atoms with E-state index in [1.807, 2.05) is 38.4 Å². The molecule has 0 unspecified atom stereocenters. The molecule has 8 heteroatoms. The predicted octanol–water partition coefficient (Wildman–Crippen LogP) is 3.22. The van der Waals surface area contributed by atoms with E-state index in [0.717, 1.165) is 11.3 Å². The van der Waals surface area contributed by atoms with Crippen molar-refractivity contribution < 1.29 is 9.66 Å². The summed E-state index contributed by atoms with van der Waals surface area (Å²) in [5, 5.41) is 15.0. The molecule has 0 aliphatic rings. The third-order valence-corrected chi connectivity index (χ3v) is 3.90. The topological polar surface area (TPSA) is 93.4 Å². The van der Waals surface area contributed by atoms with Gasteiger partial charge in [0.15, 0.2) is 0 Å². The number of fused-ring (bicyclic) bond motifs is 1. The average molecular weight is 353 g/mol. The molecule has 8 nitrogen and oxygen atoms in total. The van der Waals surface area contributed by atoms with Gasteiger partial charge in [-0.2, -0.15) is 4.98 Å².